The second-order valence-corrected chi connectivity index (χ2v) is 11.2. The largest absolute Gasteiger partial charge is 0.489 e. The summed E-state index contributed by atoms with van der Waals surface area (Å²) >= 11 is 12.9. The van der Waals surface area contributed by atoms with Crippen LogP contribution in [0.15, 0.2) is 83.8 Å². The number of aromatic nitrogens is 1. The van der Waals surface area contributed by atoms with E-state index < -0.39 is 23.6 Å². The third-order valence-corrected chi connectivity index (χ3v) is 7.98. The van der Waals surface area contributed by atoms with Crippen LogP contribution in [0, 0.1) is 13.8 Å². The first-order valence-electron chi connectivity index (χ1n) is 12.7. The standard InChI is InChI=1S/C31H25Cl2N3O4S/c1-19-15-22(16-28-30(38)35(31(39)41-28)17-29(37)34-27-6-4-3-5-26(27)33)20(2)36(19)24-11-13-25(14-12-24)40-18-21-7-9-23(32)10-8-21/h3-16H,17-18H2,1-2H3,(H,34,37)/b28-16+. The maximum atomic E-state index is 13.0. The highest BCUT2D eigenvalue weighted by Gasteiger charge is 2.36. The summed E-state index contributed by atoms with van der Waals surface area (Å²) in [4.78, 5) is 39.4. The lowest BCUT2D eigenvalue weighted by Gasteiger charge is -2.13. The van der Waals surface area contributed by atoms with Gasteiger partial charge in [-0.2, -0.15) is 0 Å². The maximum Gasteiger partial charge on any atom is 0.294 e. The van der Waals surface area contributed by atoms with Crippen LogP contribution in [0.1, 0.15) is 22.5 Å². The summed E-state index contributed by atoms with van der Waals surface area (Å²) in [7, 11) is 0. The zero-order valence-electron chi connectivity index (χ0n) is 22.2. The van der Waals surface area contributed by atoms with Crippen molar-refractivity contribution in [3.63, 3.8) is 0 Å². The molecule has 208 valence electrons. The lowest BCUT2D eigenvalue weighted by Crippen LogP contribution is -2.36. The molecule has 0 aliphatic carbocycles. The molecule has 5 rings (SSSR count). The van der Waals surface area contributed by atoms with Gasteiger partial charge in [-0.1, -0.05) is 47.5 Å². The van der Waals surface area contributed by atoms with E-state index in [2.05, 4.69) is 9.88 Å². The summed E-state index contributed by atoms with van der Waals surface area (Å²) in [6.07, 6.45) is 1.69. The predicted octanol–water partition coefficient (Wildman–Crippen LogP) is 7.65. The van der Waals surface area contributed by atoms with Crippen LogP contribution in [0.4, 0.5) is 10.5 Å². The van der Waals surface area contributed by atoms with Crippen LogP contribution in [0.2, 0.25) is 10.0 Å². The first-order chi connectivity index (χ1) is 19.7. The van der Waals surface area contributed by atoms with Gasteiger partial charge in [0, 0.05) is 22.1 Å². The molecule has 0 radical (unpaired) electrons. The third kappa shape index (κ3) is 6.51. The summed E-state index contributed by atoms with van der Waals surface area (Å²) in [6.45, 7) is 3.95. The molecule has 1 N–H and O–H groups in total. The number of aryl methyl sites for hydroxylation is 1. The van der Waals surface area contributed by atoms with Crippen LogP contribution in [0.5, 0.6) is 5.75 Å². The molecule has 0 atom stereocenters. The Labute approximate surface area is 251 Å². The number of nitrogens with one attached hydrogen (secondary N) is 1. The number of hydrogen-bond acceptors (Lipinski definition) is 5. The fourth-order valence-electron chi connectivity index (χ4n) is 4.44. The van der Waals surface area contributed by atoms with Gasteiger partial charge in [-0.05, 0) is 97.4 Å². The minimum atomic E-state index is -0.513. The van der Waals surface area contributed by atoms with Gasteiger partial charge < -0.3 is 14.6 Å². The van der Waals surface area contributed by atoms with E-state index in [9.17, 15) is 14.4 Å². The number of para-hydroxylation sites is 1. The summed E-state index contributed by atoms with van der Waals surface area (Å²) in [6, 6.07) is 24.0. The molecule has 10 heteroatoms. The average Bonchev–Trinajstić information content (AvgIpc) is 3.38. The van der Waals surface area contributed by atoms with Gasteiger partial charge >= 0.3 is 0 Å². The fourth-order valence-corrected chi connectivity index (χ4v) is 5.58. The number of anilines is 1. The smallest absolute Gasteiger partial charge is 0.294 e. The molecule has 7 nitrogen and oxygen atoms in total. The Bertz CT molecular complexity index is 1660. The number of rotatable bonds is 8. The first-order valence-corrected chi connectivity index (χ1v) is 14.2. The van der Waals surface area contributed by atoms with E-state index in [1.54, 1.807) is 30.3 Å². The highest BCUT2D eigenvalue weighted by molar-refractivity contribution is 8.18. The molecule has 41 heavy (non-hydrogen) atoms. The van der Waals surface area contributed by atoms with Gasteiger partial charge in [-0.3, -0.25) is 19.3 Å². The number of benzene rings is 3. The first kappa shape index (κ1) is 28.5. The summed E-state index contributed by atoms with van der Waals surface area (Å²) in [5.41, 5.74) is 5.03. The molecule has 0 unspecified atom stereocenters. The molecule has 1 aliphatic rings. The van der Waals surface area contributed by atoms with Crippen LogP contribution in [0.3, 0.4) is 0 Å². The maximum absolute atomic E-state index is 13.0. The molecule has 1 saturated heterocycles. The second kappa shape index (κ2) is 12.3. The van der Waals surface area contributed by atoms with Crippen LogP contribution in [-0.4, -0.2) is 33.1 Å². The quantitative estimate of drug-likeness (QED) is 0.209. The molecule has 1 fully saturated rings. The lowest BCUT2D eigenvalue weighted by atomic mass is 10.2. The molecule has 0 spiro atoms. The molecule has 1 aromatic heterocycles. The minimum absolute atomic E-state index is 0.256. The number of hydrogen-bond donors (Lipinski definition) is 1. The van der Waals surface area contributed by atoms with Crippen LogP contribution >= 0.6 is 35.0 Å². The van der Waals surface area contributed by atoms with E-state index in [1.165, 1.54) is 0 Å². The van der Waals surface area contributed by atoms with Crippen LogP contribution < -0.4 is 10.1 Å². The van der Waals surface area contributed by atoms with Crippen molar-refractivity contribution in [2.45, 2.75) is 20.5 Å². The zero-order chi connectivity index (χ0) is 29.1. The molecule has 3 amide bonds. The SMILES string of the molecule is Cc1cc(/C=C2/SC(=O)N(CC(=O)Nc3ccccc3Cl)C2=O)c(C)n1-c1ccc(OCc2ccc(Cl)cc2)cc1. The summed E-state index contributed by atoms with van der Waals surface area (Å²) in [5.74, 6) is -0.291. The average molecular weight is 607 g/mol. The van der Waals surface area contributed by atoms with Crippen molar-refractivity contribution >= 4 is 63.8 Å². The van der Waals surface area contributed by atoms with Crippen molar-refractivity contribution < 1.29 is 19.1 Å². The molecule has 0 saturated carbocycles. The lowest BCUT2D eigenvalue weighted by molar-refractivity contribution is -0.127. The second-order valence-electron chi connectivity index (χ2n) is 9.37. The Morgan fingerprint density at radius 2 is 1.68 bits per heavy atom. The Morgan fingerprint density at radius 3 is 2.39 bits per heavy atom. The topological polar surface area (TPSA) is 80.6 Å². The number of nitrogens with zero attached hydrogens (tertiary/aromatic N) is 2. The summed E-state index contributed by atoms with van der Waals surface area (Å²) in [5, 5.41) is 3.19. The molecule has 1 aliphatic heterocycles. The Kier molecular flexibility index (Phi) is 8.54. The normalized spacial score (nSPS) is 14.1. The van der Waals surface area contributed by atoms with E-state index in [-0.39, 0.29) is 4.91 Å². The third-order valence-electron chi connectivity index (χ3n) is 6.49. The van der Waals surface area contributed by atoms with E-state index in [1.807, 2.05) is 68.4 Å². The van der Waals surface area contributed by atoms with Gasteiger partial charge in [0.2, 0.25) is 5.91 Å². The number of halogens is 2. The van der Waals surface area contributed by atoms with Crippen molar-refractivity contribution in [2.24, 2.45) is 0 Å². The fraction of sp³-hybridized carbons (Fsp3) is 0.129. The van der Waals surface area contributed by atoms with Crippen LogP contribution in [-0.2, 0) is 16.2 Å². The Balaban J connectivity index is 1.27. The van der Waals surface area contributed by atoms with Crippen LogP contribution in [0.25, 0.3) is 11.8 Å². The van der Waals surface area contributed by atoms with E-state index in [0.717, 1.165) is 50.6 Å². The van der Waals surface area contributed by atoms with Gasteiger partial charge in [0.1, 0.15) is 18.9 Å². The number of thioether (sulfide) groups is 1. The van der Waals surface area contributed by atoms with Gasteiger partial charge in [0.05, 0.1) is 15.6 Å². The van der Waals surface area contributed by atoms with E-state index in [0.29, 0.717) is 22.3 Å². The van der Waals surface area contributed by atoms with Gasteiger partial charge in [-0.15, -0.1) is 0 Å². The van der Waals surface area contributed by atoms with Crippen molar-refractivity contribution in [3.05, 3.63) is 116 Å². The molecular weight excluding hydrogens is 581 g/mol. The molecule has 3 aromatic carbocycles. The van der Waals surface area contributed by atoms with Crippen molar-refractivity contribution in [2.75, 3.05) is 11.9 Å². The van der Waals surface area contributed by atoms with Gasteiger partial charge in [0.25, 0.3) is 11.1 Å². The highest BCUT2D eigenvalue weighted by Crippen LogP contribution is 2.34. The van der Waals surface area contributed by atoms with Crippen molar-refractivity contribution in [3.8, 4) is 11.4 Å². The molecule has 2 heterocycles. The molecule has 0 bridgehead atoms. The Hall–Kier alpha value is -3.98. The number of carbonyl (C=O) groups is 3. The van der Waals surface area contributed by atoms with Gasteiger partial charge in [0.15, 0.2) is 0 Å². The number of imide groups is 1. The number of amides is 3. The predicted molar refractivity (Wildman–Crippen MR) is 164 cm³/mol. The highest BCUT2D eigenvalue weighted by atomic mass is 35.5. The Morgan fingerprint density at radius 1 is 0.976 bits per heavy atom. The van der Waals surface area contributed by atoms with Gasteiger partial charge in [-0.25, -0.2) is 0 Å². The van der Waals surface area contributed by atoms with E-state index in [4.69, 9.17) is 27.9 Å². The monoisotopic (exact) mass is 605 g/mol. The molecule has 4 aromatic rings. The molecular formula is C31H25Cl2N3O4S. The zero-order valence-corrected chi connectivity index (χ0v) is 24.5. The van der Waals surface area contributed by atoms with Crippen molar-refractivity contribution in [1.29, 1.82) is 0 Å². The van der Waals surface area contributed by atoms with E-state index >= 15 is 0 Å². The number of carbonyl (C=O) groups excluding carboxylic acids is 3. The number of ether oxygens (including phenoxy) is 1. The summed E-state index contributed by atoms with van der Waals surface area (Å²) < 4.78 is 7.97. The van der Waals surface area contributed by atoms with Crippen molar-refractivity contribution in [1.82, 2.24) is 9.47 Å². The minimum Gasteiger partial charge on any atom is -0.489 e.